The average molecular weight is 283 g/mol. The second-order valence-corrected chi connectivity index (χ2v) is 6.02. The number of hydrogen-bond acceptors (Lipinski definition) is 2. The minimum Gasteiger partial charge on any atom is -0.330 e. The lowest BCUT2D eigenvalue weighted by Gasteiger charge is -2.16. The molecule has 1 aliphatic rings. The Labute approximate surface area is 127 Å². The quantitative estimate of drug-likeness (QED) is 0.867. The van der Waals surface area contributed by atoms with Crippen LogP contribution < -0.4 is 5.73 Å². The van der Waals surface area contributed by atoms with E-state index in [0.29, 0.717) is 12.5 Å². The second-order valence-electron chi connectivity index (χ2n) is 6.02. The summed E-state index contributed by atoms with van der Waals surface area (Å²) in [7, 11) is 0. The molecular weight excluding hydrogens is 258 g/mol. The second kappa shape index (κ2) is 6.90. The highest BCUT2D eigenvalue weighted by atomic mass is 15.3. The number of nitrogens with two attached hydrogens (primary N) is 1. The fraction of sp³-hybridized carbons (Fsp3) is 0.500. The molecule has 2 N–H and O–H groups in total. The molecule has 1 aromatic carbocycles. The molecule has 0 atom stereocenters. The Kier molecular flexibility index (Phi) is 4.71. The minimum absolute atomic E-state index is 0.673. The summed E-state index contributed by atoms with van der Waals surface area (Å²) >= 11 is 0. The molecule has 1 saturated carbocycles. The van der Waals surface area contributed by atoms with E-state index < -0.39 is 0 Å². The Hall–Kier alpha value is -1.61. The van der Waals surface area contributed by atoms with Crippen LogP contribution in [0.5, 0.6) is 0 Å². The molecule has 21 heavy (non-hydrogen) atoms. The number of para-hydroxylation sites is 1. The van der Waals surface area contributed by atoms with Gasteiger partial charge >= 0.3 is 0 Å². The minimum atomic E-state index is 0.673. The lowest BCUT2D eigenvalue weighted by atomic mass is 9.91. The van der Waals surface area contributed by atoms with Gasteiger partial charge in [0.1, 0.15) is 0 Å². The summed E-state index contributed by atoms with van der Waals surface area (Å²) in [6.45, 7) is 0.679. The van der Waals surface area contributed by atoms with Gasteiger partial charge in [-0.3, -0.25) is 0 Å². The van der Waals surface area contributed by atoms with Crippen molar-refractivity contribution in [2.75, 3.05) is 6.54 Å². The predicted molar refractivity (Wildman–Crippen MR) is 86.8 cm³/mol. The molecule has 1 aliphatic carbocycles. The average Bonchev–Trinajstić information content (AvgIpc) is 2.75. The topological polar surface area (TPSA) is 43.8 Å². The Morgan fingerprint density at radius 1 is 1.05 bits per heavy atom. The van der Waals surface area contributed by atoms with E-state index in [2.05, 4.69) is 40.2 Å². The first-order chi connectivity index (χ1) is 10.4. The van der Waals surface area contributed by atoms with Crippen LogP contribution in [0.3, 0.4) is 0 Å². The van der Waals surface area contributed by atoms with Crippen LogP contribution in [0.15, 0.2) is 36.5 Å². The van der Waals surface area contributed by atoms with Gasteiger partial charge < -0.3 is 5.73 Å². The lowest BCUT2D eigenvalue weighted by Crippen LogP contribution is -2.12. The lowest BCUT2D eigenvalue weighted by molar-refractivity contribution is 0.585. The molecule has 0 bridgehead atoms. The van der Waals surface area contributed by atoms with Crippen LogP contribution in [-0.2, 0) is 6.42 Å². The van der Waals surface area contributed by atoms with E-state index in [4.69, 9.17) is 5.73 Å². The normalized spacial score (nSPS) is 16.8. The van der Waals surface area contributed by atoms with Gasteiger partial charge in [0.05, 0.1) is 11.9 Å². The molecule has 0 unspecified atom stereocenters. The molecule has 1 heterocycles. The van der Waals surface area contributed by atoms with E-state index in [0.717, 1.165) is 12.1 Å². The smallest absolute Gasteiger partial charge is 0.0648 e. The van der Waals surface area contributed by atoms with E-state index in [1.165, 1.54) is 49.8 Å². The summed E-state index contributed by atoms with van der Waals surface area (Å²) in [5.41, 5.74) is 9.75. The highest BCUT2D eigenvalue weighted by Crippen LogP contribution is 2.34. The molecule has 112 valence electrons. The molecular formula is C18H25N3. The molecule has 1 aromatic heterocycles. The van der Waals surface area contributed by atoms with Crippen molar-refractivity contribution >= 4 is 0 Å². The van der Waals surface area contributed by atoms with Crippen LogP contribution in [-0.4, -0.2) is 16.3 Å². The molecule has 1 fully saturated rings. The predicted octanol–water partition coefficient (Wildman–Crippen LogP) is 3.81. The van der Waals surface area contributed by atoms with Crippen LogP contribution in [0, 0.1) is 0 Å². The summed E-state index contributed by atoms with van der Waals surface area (Å²) in [6.07, 6.45) is 11.1. The van der Waals surface area contributed by atoms with Crippen LogP contribution in [0.25, 0.3) is 5.69 Å². The summed E-state index contributed by atoms with van der Waals surface area (Å²) in [6, 6.07) is 10.4. The Morgan fingerprint density at radius 3 is 2.43 bits per heavy atom. The van der Waals surface area contributed by atoms with E-state index in [1.807, 2.05) is 6.07 Å². The number of rotatable bonds is 4. The molecule has 3 rings (SSSR count). The van der Waals surface area contributed by atoms with Crippen molar-refractivity contribution in [3.8, 4) is 5.69 Å². The molecule has 2 aromatic rings. The number of hydrogen-bond donors (Lipinski definition) is 1. The van der Waals surface area contributed by atoms with Crippen molar-refractivity contribution < 1.29 is 0 Å². The SMILES string of the molecule is NCCc1c(C2CCCCCC2)cnn1-c1ccccc1. The third-order valence-electron chi connectivity index (χ3n) is 4.58. The van der Waals surface area contributed by atoms with Gasteiger partial charge in [0.2, 0.25) is 0 Å². The van der Waals surface area contributed by atoms with E-state index in [-0.39, 0.29) is 0 Å². The molecule has 3 nitrogen and oxygen atoms in total. The van der Waals surface area contributed by atoms with Crippen molar-refractivity contribution in [3.63, 3.8) is 0 Å². The summed E-state index contributed by atoms with van der Waals surface area (Å²) in [5.74, 6) is 0.673. The highest BCUT2D eigenvalue weighted by molar-refractivity contribution is 5.36. The zero-order valence-corrected chi connectivity index (χ0v) is 12.7. The van der Waals surface area contributed by atoms with Gasteiger partial charge in [0.15, 0.2) is 0 Å². The first-order valence-electron chi connectivity index (χ1n) is 8.22. The van der Waals surface area contributed by atoms with E-state index in [1.54, 1.807) is 0 Å². The van der Waals surface area contributed by atoms with Gasteiger partial charge in [-0.05, 0) is 43.0 Å². The summed E-state index contributed by atoms with van der Waals surface area (Å²) < 4.78 is 2.09. The maximum absolute atomic E-state index is 5.85. The maximum Gasteiger partial charge on any atom is 0.0648 e. The first kappa shape index (κ1) is 14.3. The third kappa shape index (κ3) is 3.18. The van der Waals surface area contributed by atoms with Crippen molar-refractivity contribution in [2.24, 2.45) is 5.73 Å². The molecule has 0 spiro atoms. The van der Waals surface area contributed by atoms with Crippen molar-refractivity contribution in [1.29, 1.82) is 0 Å². The Bertz CT molecular complexity index is 551. The van der Waals surface area contributed by atoms with Crippen LogP contribution in [0.4, 0.5) is 0 Å². The van der Waals surface area contributed by atoms with Crippen LogP contribution in [0.1, 0.15) is 55.7 Å². The van der Waals surface area contributed by atoms with Gasteiger partial charge in [-0.15, -0.1) is 0 Å². The Morgan fingerprint density at radius 2 is 1.76 bits per heavy atom. The van der Waals surface area contributed by atoms with Crippen molar-refractivity contribution in [2.45, 2.75) is 50.9 Å². The Balaban J connectivity index is 1.95. The first-order valence-corrected chi connectivity index (χ1v) is 8.22. The van der Waals surface area contributed by atoms with E-state index in [9.17, 15) is 0 Å². The van der Waals surface area contributed by atoms with Crippen LogP contribution in [0.2, 0.25) is 0 Å². The fourth-order valence-corrected chi connectivity index (χ4v) is 3.50. The zero-order valence-electron chi connectivity index (χ0n) is 12.7. The van der Waals surface area contributed by atoms with Gasteiger partial charge in [0, 0.05) is 12.1 Å². The monoisotopic (exact) mass is 283 g/mol. The fourth-order valence-electron chi connectivity index (χ4n) is 3.50. The summed E-state index contributed by atoms with van der Waals surface area (Å²) in [4.78, 5) is 0. The van der Waals surface area contributed by atoms with Gasteiger partial charge in [-0.1, -0.05) is 43.9 Å². The number of benzene rings is 1. The third-order valence-corrected chi connectivity index (χ3v) is 4.58. The molecule has 0 saturated heterocycles. The highest BCUT2D eigenvalue weighted by Gasteiger charge is 2.21. The van der Waals surface area contributed by atoms with E-state index >= 15 is 0 Å². The van der Waals surface area contributed by atoms with Gasteiger partial charge in [0.25, 0.3) is 0 Å². The van der Waals surface area contributed by atoms with Crippen molar-refractivity contribution in [1.82, 2.24) is 9.78 Å². The summed E-state index contributed by atoms with van der Waals surface area (Å²) in [5, 5.41) is 4.67. The van der Waals surface area contributed by atoms with Gasteiger partial charge in [-0.2, -0.15) is 5.10 Å². The standard InChI is InChI=1S/C18H25N3/c19-13-12-18-17(15-8-4-1-2-5-9-15)14-20-21(18)16-10-6-3-7-11-16/h3,6-7,10-11,14-15H,1-2,4-5,8-9,12-13,19H2. The molecule has 0 radical (unpaired) electrons. The van der Waals surface area contributed by atoms with Gasteiger partial charge in [-0.25, -0.2) is 4.68 Å². The molecule has 0 aliphatic heterocycles. The maximum atomic E-state index is 5.85. The zero-order chi connectivity index (χ0) is 14.5. The van der Waals surface area contributed by atoms with Crippen molar-refractivity contribution in [3.05, 3.63) is 47.8 Å². The number of aromatic nitrogens is 2. The van der Waals surface area contributed by atoms with Crippen LogP contribution >= 0.6 is 0 Å². The molecule has 3 heteroatoms. The number of nitrogens with zero attached hydrogens (tertiary/aromatic N) is 2. The molecule has 0 amide bonds. The largest absolute Gasteiger partial charge is 0.330 e.